The lowest BCUT2D eigenvalue weighted by atomic mass is 10.2. The molecule has 7 nitrogen and oxygen atoms in total. The Morgan fingerprint density at radius 1 is 1.24 bits per heavy atom. The van der Waals surface area contributed by atoms with Gasteiger partial charge in [-0.2, -0.15) is 10.1 Å². The summed E-state index contributed by atoms with van der Waals surface area (Å²) in [7, 11) is 3.30. The van der Waals surface area contributed by atoms with Gasteiger partial charge in [-0.25, -0.2) is 9.37 Å². The number of rotatable bonds is 2. The lowest BCUT2D eigenvalue weighted by Gasteiger charge is -2.23. The van der Waals surface area contributed by atoms with Gasteiger partial charge in [-0.1, -0.05) is 11.6 Å². The van der Waals surface area contributed by atoms with Gasteiger partial charge in [0.2, 0.25) is 5.28 Å². The average molecular weight is 502 g/mol. The van der Waals surface area contributed by atoms with Gasteiger partial charge in [-0.05, 0) is 46.1 Å². The first-order valence-electron chi connectivity index (χ1n) is 8.81. The van der Waals surface area contributed by atoms with Crippen LogP contribution in [0.1, 0.15) is 22.6 Å². The number of aromatic nitrogens is 4. The van der Waals surface area contributed by atoms with Crippen molar-refractivity contribution in [1.82, 2.24) is 24.6 Å². The van der Waals surface area contributed by atoms with Gasteiger partial charge in [-0.15, -0.1) is 0 Å². The zero-order valence-corrected chi connectivity index (χ0v) is 18.7. The number of anilines is 1. The molecule has 1 aromatic carbocycles. The molecule has 2 aromatic heterocycles. The fourth-order valence-corrected chi connectivity index (χ4v) is 4.11. The number of hydrogen-bond acceptors (Lipinski definition) is 5. The Hall–Kier alpha value is -1.97. The molecule has 0 unspecified atom stereocenters. The number of benzene rings is 1. The molecule has 0 N–H and O–H groups in total. The number of carbonyl (C=O) groups excluding carboxylic acids is 1. The minimum Gasteiger partial charge on any atom is -0.350 e. The second-order valence-corrected chi connectivity index (χ2v) is 8.45. The van der Waals surface area contributed by atoms with Crippen molar-refractivity contribution >= 4 is 61.8 Å². The van der Waals surface area contributed by atoms with Crippen molar-refractivity contribution in [3.8, 4) is 0 Å². The first kappa shape index (κ1) is 20.3. The van der Waals surface area contributed by atoms with Crippen LogP contribution in [-0.2, 0) is 13.1 Å². The highest BCUT2D eigenvalue weighted by Gasteiger charge is 2.27. The maximum Gasteiger partial charge on any atom is 0.275 e. The van der Waals surface area contributed by atoms with Crippen LogP contribution in [0.2, 0.25) is 10.3 Å². The fraction of sp³-hybridized carbons (Fsp3) is 0.333. The second kappa shape index (κ2) is 7.70. The van der Waals surface area contributed by atoms with E-state index in [1.54, 1.807) is 30.9 Å². The Labute approximate surface area is 184 Å². The van der Waals surface area contributed by atoms with Gasteiger partial charge in [-0.3, -0.25) is 9.48 Å². The van der Waals surface area contributed by atoms with Gasteiger partial charge in [0.25, 0.3) is 5.91 Å². The van der Waals surface area contributed by atoms with Crippen LogP contribution in [0.4, 0.5) is 10.2 Å². The standard InChI is InChI=1S/C18H16BrCl2FN6O/c1-26(2)17(29)15-12(20)11-8-27(6-3-7-28(11)25-15)16-9-4-5-10(19)13(22)14(9)23-18(21)24-16/h4-5H,3,6-8H2,1-2H3. The molecular weight excluding hydrogens is 486 g/mol. The highest BCUT2D eigenvalue weighted by atomic mass is 79.9. The maximum atomic E-state index is 14.6. The number of aryl methyl sites for hydroxylation is 1. The highest BCUT2D eigenvalue weighted by Crippen LogP contribution is 2.33. The molecule has 3 heterocycles. The third kappa shape index (κ3) is 3.55. The first-order valence-corrected chi connectivity index (χ1v) is 10.4. The van der Waals surface area contributed by atoms with Gasteiger partial charge in [0.05, 0.1) is 21.7 Å². The van der Waals surface area contributed by atoms with E-state index in [1.807, 2.05) is 4.90 Å². The van der Waals surface area contributed by atoms with E-state index in [1.165, 1.54) is 4.90 Å². The van der Waals surface area contributed by atoms with E-state index in [-0.39, 0.29) is 22.4 Å². The molecule has 0 bridgehead atoms. The number of amides is 1. The second-order valence-electron chi connectivity index (χ2n) is 6.88. The summed E-state index contributed by atoms with van der Waals surface area (Å²) in [5.74, 6) is -0.244. The minimum atomic E-state index is -0.496. The Kier molecular flexibility index (Phi) is 5.39. The number of halogens is 4. The van der Waals surface area contributed by atoms with Crippen LogP contribution in [0.15, 0.2) is 16.6 Å². The van der Waals surface area contributed by atoms with Crippen molar-refractivity contribution < 1.29 is 9.18 Å². The van der Waals surface area contributed by atoms with Gasteiger partial charge < -0.3 is 9.80 Å². The van der Waals surface area contributed by atoms with Crippen LogP contribution < -0.4 is 4.90 Å². The fourth-order valence-electron chi connectivity index (χ4n) is 3.35. The molecule has 0 saturated carbocycles. The molecule has 11 heteroatoms. The van der Waals surface area contributed by atoms with E-state index in [9.17, 15) is 9.18 Å². The van der Waals surface area contributed by atoms with Crippen molar-refractivity contribution in [2.75, 3.05) is 25.5 Å². The SMILES string of the molecule is CN(C)C(=O)c1nn2c(c1Cl)CN(c1nc(Cl)nc3c(F)c(Br)ccc13)CCC2. The lowest BCUT2D eigenvalue weighted by molar-refractivity contribution is 0.0821. The Morgan fingerprint density at radius 2 is 2.00 bits per heavy atom. The number of carbonyl (C=O) groups is 1. The first-order chi connectivity index (χ1) is 13.8. The van der Waals surface area contributed by atoms with E-state index in [0.717, 1.165) is 6.42 Å². The smallest absolute Gasteiger partial charge is 0.275 e. The van der Waals surface area contributed by atoms with Gasteiger partial charge >= 0.3 is 0 Å². The van der Waals surface area contributed by atoms with Crippen LogP contribution in [0.5, 0.6) is 0 Å². The Morgan fingerprint density at radius 3 is 2.72 bits per heavy atom. The molecular formula is C18H16BrCl2FN6O. The number of fused-ring (bicyclic) bond motifs is 2. The van der Waals surface area contributed by atoms with Crippen LogP contribution in [0.3, 0.4) is 0 Å². The van der Waals surface area contributed by atoms with E-state index >= 15 is 0 Å². The van der Waals surface area contributed by atoms with Crippen molar-refractivity contribution in [2.24, 2.45) is 0 Å². The molecule has 1 aliphatic heterocycles. The summed E-state index contributed by atoms with van der Waals surface area (Å²) in [6, 6.07) is 3.36. The monoisotopic (exact) mass is 500 g/mol. The van der Waals surface area contributed by atoms with Crippen LogP contribution >= 0.6 is 39.1 Å². The summed E-state index contributed by atoms with van der Waals surface area (Å²) < 4.78 is 16.6. The molecule has 4 rings (SSSR count). The van der Waals surface area contributed by atoms with Crippen molar-refractivity contribution in [2.45, 2.75) is 19.5 Å². The van der Waals surface area contributed by atoms with E-state index in [4.69, 9.17) is 23.2 Å². The molecule has 0 atom stereocenters. The number of hydrogen-bond donors (Lipinski definition) is 0. The van der Waals surface area contributed by atoms with Crippen molar-refractivity contribution in [3.63, 3.8) is 0 Å². The minimum absolute atomic E-state index is 0.0446. The predicted octanol–water partition coefficient (Wildman–Crippen LogP) is 4.15. The molecule has 152 valence electrons. The summed E-state index contributed by atoms with van der Waals surface area (Å²) in [5.41, 5.74) is 1.06. The molecule has 0 aliphatic carbocycles. The summed E-state index contributed by atoms with van der Waals surface area (Å²) in [4.78, 5) is 24.2. The summed E-state index contributed by atoms with van der Waals surface area (Å²) in [6.07, 6.45) is 0.739. The highest BCUT2D eigenvalue weighted by molar-refractivity contribution is 9.10. The van der Waals surface area contributed by atoms with Crippen molar-refractivity contribution in [3.05, 3.63) is 44.1 Å². The molecule has 0 saturated heterocycles. The average Bonchev–Trinajstić information content (AvgIpc) is 2.86. The Balaban J connectivity index is 1.81. The lowest BCUT2D eigenvalue weighted by Crippen LogP contribution is -2.25. The third-order valence-electron chi connectivity index (χ3n) is 4.75. The van der Waals surface area contributed by atoms with Crippen LogP contribution in [0.25, 0.3) is 10.9 Å². The van der Waals surface area contributed by atoms with E-state index < -0.39 is 5.82 Å². The van der Waals surface area contributed by atoms with Crippen LogP contribution in [0, 0.1) is 5.82 Å². The van der Waals surface area contributed by atoms with Crippen molar-refractivity contribution in [1.29, 1.82) is 0 Å². The third-order valence-corrected chi connectivity index (χ3v) is 5.93. The molecule has 3 aromatic rings. The maximum absolute atomic E-state index is 14.6. The zero-order valence-electron chi connectivity index (χ0n) is 15.6. The van der Waals surface area contributed by atoms with Gasteiger partial charge in [0.1, 0.15) is 11.3 Å². The molecule has 29 heavy (non-hydrogen) atoms. The molecule has 0 radical (unpaired) electrons. The molecule has 1 aliphatic rings. The molecule has 1 amide bonds. The van der Waals surface area contributed by atoms with Gasteiger partial charge in [0, 0.05) is 32.6 Å². The Bertz CT molecular complexity index is 1140. The topological polar surface area (TPSA) is 67.2 Å². The predicted molar refractivity (Wildman–Crippen MR) is 113 cm³/mol. The molecule has 0 spiro atoms. The summed E-state index contributed by atoms with van der Waals surface area (Å²) >= 11 is 15.8. The van der Waals surface area contributed by atoms with E-state index in [0.29, 0.717) is 46.0 Å². The molecule has 0 fully saturated rings. The zero-order chi connectivity index (χ0) is 20.9. The summed E-state index contributed by atoms with van der Waals surface area (Å²) in [5, 5.41) is 5.22. The summed E-state index contributed by atoms with van der Waals surface area (Å²) in [6.45, 7) is 1.59. The largest absolute Gasteiger partial charge is 0.350 e. The van der Waals surface area contributed by atoms with Gasteiger partial charge in [0.15, 0.2) is 11.5 Å². The number of nitrogens with zero attached hydrogens (tertiary/aromatic N) is 6. The van der Waals surface area contributed by atoms with Crippen LogP contribution in [-0.4, -0.2) is 51.2 Å². The normalized spacial score (nSPS) is 14.1. The van der Waals surface area contributed by atoms with E-state index in [2.05, 4.69) is 31.0 Å². The quantitative estimate of drug-likeness (QED) is 0.493.